The van der Waals surface area contributed by atoms with Crippen molar-refractivity contribution in [2.24, 2.45) is 11.1 Å². The Labute approximate surface area is 124 Å². The predicted octanol–water partition coefficient (Wildman–Crippen LogP) is 0.551. The molecule has 2 saturated heterocycles. The molecule has 0 radical (unpaired) electrons. The molecule has 2 fully saturated rings. The molecule has 7 heteroatoms. The Morgan fingerprint density at radius 2 is 1.86 bits per heavy atom. The second-order valence-electron chi connectivity index (χ2n) is 5.79. The highest BCUT2D eigenvalue weighted by Crippen LogP contribution is 2.48. The lowest BCUT2D eigenvalue weighted by Crippen LogP contribution is -2.71. The highest BCUT2D eigenvalue weighted by Gasteiger charge is 2.60. The summed E-state index contributed by atoms with van der Waals surface area (Å²) in [7, 11) is -3.61. The third kappa shape index (κ3) is 2.20. The Balaban J connectivity index is 2.01. The summed E-state index contributed by atoms with van der Waals surface area (Å²) in [5.74, 6) is 0. The lowest BCUT2D eigenvalue weighted by molar-refractivity contribution is -0.0169. The van der Waals surface area contributed by atoms with Gasteiger partial charge in [-0.2, -0.15) is 0 Å². The van der Waals surface area contributed by atoms with Gasteiger partial charge in [-0.05, 0) is 38.1 Å². The van der Waals surface area contributed by atoms with Crippen LogP contribution in [-0.4, -0.2) is 44.4 Å². The van der Waals surface area contributed by atoms with Crippen molar-refractivity contribution in [3.8, 4) is 0 Å². The SMILES string of the molecule is NC(=O)N1CC2(CCNCC2)C1S(=O)(=O)c1ccccc1. The number of rotatable bonds is 2. The fourth-order valence-corrected chi connectivity index (χ4v) is 5.75. The maximum atomic E-state index is 12.9. The molecule has 2 amide bonds. The summed E-state index contributed by atoms with van der Waals surface area (Å²) in [5.41, 5.74) is 4.99. The van der Waals surface area contributed by atoms with Crippen LogP contribution in [0.4, 0.5) is 4.79 Å². The van der Waals surface area contributed by atoms with Gasteiger partial charge in [0.15, 0.2) is 9.84 Å². The Morgan fingerprint density at radius 1 is 1.24 bits per heavy atom. The molecule has 2 aliphatic rings. The summed E-state index contributed by atoms with van der Waals surface area (Å²) in [4.78, 5) is 13.1. The van der Waals surface area contributed by atoms with E-state index in [2.05, 4.69) is 5.32 Å². The number of nitrogens with zero attached hydrogens (tertiary/aromatic N) is 1. The van der Waals surface area contributed by atoms with E-state index < -0.39 is 21.2 Å². The standard InChI is InChI=1S/C14H19N3O3S/c15-13(18)17-10-14(6-8-16-9-7-14)12(17)21(19,20)11-4-2-1-3-5-11/h1-5,12,16H,6-10H2,(H2,15,18). The number of hydrogen-bond donors (Lipinski definition) is 2. The van der Waals surface area contributed by atoms with Crippen molar-refractivity contribution in [1.82, 2.24) is 10.2 Å². The average molecular weight is 309 g/mol. The Kier molecular flexibility index (Phi) is 3.41. The second kappa shape index (κ2) is 4.99. The van der Waals surface area contributed by atoms with E-state index in [0.29, 0.717) is 6.54 Å². The molecule has 1 spiro atoms. The minimum atomic E-state index is -3.61. The summed E-state index contributed by atoms with van der Waals surface area (Å²) in [6, 6.07) is 7.63. The van der Waals surface area contributed by atoms with Crippen LogP contribution < -0.4 is 11.1 Å². The number of urea groups is 1. The average Bonchev–Trinajstić information content (AvgIpc) is 2.46. The minimum Gasteiger partial charge on any atom is -0.351 e. The molecule has 1 atom stereocenters. The van der Waals surface area contributed by atoms with Crippen LogP contribution in [0.5, 0.6) is 0 Å². The first-order valence-electron chi connectivity index (χ1n) is 7.03. The van der Waals surface area contributed by atoms with Crippen molar-refractivity contribution in [2.75, 3.05) is 19.6 Å². The molecule has 1 aromatic carbocycles. The van der Waals surface area contributed by atoms with Gasteiger partial charge in [-0.1, -0.05) is 18.2 Å². The summed E-state index contributed by atoms with van der Waals surface area (Å²) >= 11 is 0. The van der Waals surface area contributed by atoms with Gasteiger partial charge in [-0.15, -0.1) is 0 Å². The van der Waals surface area contributed by atoms with E-state index in [1.807, 2.05) is 0 Å². The first-order chi connectivity index (χ1) is 9.97. The number of nitrogens with two attached hydrogens (primary N) is 1. The number of benzene rings is 1. The third-order valence-corrected chi connectivity index (χ3v) is 6.81. The summed E-state index contributed by atoms with van der Waals surface area (Å²) in [6.07, 6.45) is 1.49. The van der Waals surface area contributed by atoms with E-state index in [9.17, 15) is 13.2 Å². The van der Waals surface area contributed by atoms with Crippen molar-refractivity contribution in [3.05, 3.63) is 30.3 Å². The molecule has 0 aliphatic carbocycles. The lowest BCUT2D eigenvalue weighted by Gasteiger charge is -2.57. The monoisotopic (exact) mass is 309 g/mol. The van der Waals surface area contributed by atoms with Gasteiger partial charge < -0.3 is 16.0 Å². The van der Waals surface area contributed by atoms with E-state index in [1.165, 1.54) is 4.90 Å². The Bertz CT molecular complexity index is 639. The van der Waals surface area contributed by atoms with Crippen LogP contribution in [0.3, 0.4) is 0 Å². The van der Waals surface area contributed by atoms with Gasteiger partial charge >= 0.3 is 6.03 Å². The molecule has 1 aromatic rings. The van der Waals surface area contributed by atoms with Gasteiger partial charge in [0.1, 0.15) is 5.37 Å². The Hall–Kier alpha value is -1.60. The number of piperidine rings is 1. The van der Waals surface area contributed by atoms with Crippen molar-refractivity contribution in [1.29, 1.82) is 0 Å². The maximum absolute atomic E-state index is 12.9. The van der Waals surface area contributed by atoms with Crippen LogP contribution in [0, 0.1) is 5.41 Å². The third-order valence-electron chi connectivity index (χ3n) is 4.54. The number of carbonyl (C=O) groups excluding carboxylic acids is 1. The van der Waals surface area contributed by atoms with Crippen molar-refractivity contribution in [2.45, 2.75) is 23.1 Å². The zero-order valence-electron chi connectivity index (χ0n) is 11.7. The zero-order chi connectivity index (χ0) is 15.1. The summed E-state index contributed by atoms with van der Waals surface area (Å²) < 4.78 is 25.9. The van der Waals surface area contributed by atoms with Crippen LogP contribution in [-0.2, 0) is 9.84 Å². The van der Waals surface area contributed by atoms with E-state index in [0.717, 1.165) is 25.9 Å². The topological polar surface area (TPSA) is 92.5 Å². The number of hydrogen-bond acceptors (Lipinski definition) is 4. The molecule has 1 unspecified atom stereocenters. The van der Waals surface area contributed by atoms with E-state index in [4.69, 9.17) is 5.73 Å². The van der Waals surface area contributed by atoms with Crippen LogP contribution in [0.25, 0.3) is 0 Å². The molecule has 0 saturated carbocycles. The summed E-state index contributed by atoms with van der Waals surface area (Å²) in [5, 5.41) is 2.39. The molecule has 3 rings (SSSR count). The lowest BCUT2D eigenvalue weighted by atomic mass is 9.72. The highest BCUT2D eigenvalue weighted by molar-refractivity contribution is 7.92. The van der Waals surface area contributed by atoms with Gasteiger partial charge in [0.25, 0.3) is 0 Å². The molecule has 2 aliphatic heterocycles. The largest absolute Gasteiger partial charge is 0.351 e. The van der Waals surface area contributed by atoms with Crippen LogP contribution in [0.1, 0.15) is 12.8 Å². The predicted molar refractivity (Wildman–Crippen MR) is 78.2 cm³/mol. The molecular weight excluding hydrogens is 290 g/mol. The van der Waals surface area contributed by atoms with Crippen LogP contribution >= 0.6 is 0 Å². The minimum absolute atomic E-state index is 0.249. The number of carbonyl (C=O) groups is 1. The molecular formula is C14H19N3O3S. The molecule has 0 bridgehead atoms. The van der Waals surface area contributed by atoms with E-state index in [1.54, 1.807) is 30.3 Å². The molecule has 0 aromatic heterocycles. The molecule has 6 nitrogen and oxygen atoms in total. The first kappa shape index (κ1) is 14.3. The zero-order valence-corrected chi connectivity index (χ0v) is 12.5. The van der Waals surface area contributed by atoms with E-state index >= 15 is 0 Å². The normalized spacial score (nSPS) is 24.6. The maximum Gasteiger partial charge on any atom is 0.315 e. The van der Waals surface area contributed by atoms with E-state index in [-0.39, 0.29) is 10.3 Å². The fraction of sp³-hybridized carbons (Fsp3) is 0.500. The number of amides is 2. The van der Waals surface area contributed by atoms with Crippen molar-refractivity contribution < 1.29 is 13.2 Å². The molecule has 3 N–H and O–H groups in total. The van der Waals surface area contributed by atoms with Gasteiger partial charge in [0.05, 0.1) is 4.90 Å². The highest BCUT2D eigenvalue weighted by atomic mass is 32.2. The number of likely N-dealkylation sites (tertiary alicyclic amines) is 1. The van der Waals surface area contributed by atoms with Gasteiger partial charge in [-0.25, -0.2) is 13.2 Å². The van der Waals surface area contributed by atoms with Gasteiger partial charge in [-0.3, -0.25) is 0 Å². The van der Waals surface area contributed by atoms with Gasteiger partial charge in [0, 0.05) is 12.0 Å². The molecule has 2 heterocycles. The quantitative estimate of drug-likeness (QED) is 0.834. The van der Waals surface area contributed by atoms with Crippen LogP contribution in [0.2, 0.25) is 0 Å². The van der Waals surface area contributed by atoms with Gasteiger partial charge in [0.2, 0.25) is 0 Å². The molecule has 114 valence electrons. The molecule has 21 heavy (non-hydrogen) atoms. The first-order valence-corrected chi connectivity index (χ1v) is 8.58. The fourth-order valence-electron chi connectivity index (χ4n) is 3.48. The second-order valence-corrected chi connectivity index (χ2v) is 7.80. The smallest absolute Gasteiger partial charge is 0.315 e. The number of sulfone groups is 1. The summed E-state index contributed by atoms with van der Waals surface area (Å²) in [6.45, 7) is 1.97. The van der Waals surface area contributed by atoms with Crippen molar-refractivity contribution in [3.63, 3.8) is 0 Å². The van der Waals surface area contributed by atoms with Crippen molar-refractivity contribution >= 4 is 15.9 Å². The van der Waals surface area contributed by atoms with Crippen LogP contribution in [0.15, 0.2) is 35.2 Å². The number of primary amides is 1. The Morgan fingerprint density at radius 3 is 2.43 bits per heavy atom. The number of nitrogens with one attached hydrogen (secondary N) is 1.